The van der Waals surface area contributed by atoms with Gasteiger partial charge in [0.2, 0.25) is 10.0 Å². The van der Waals surface area contributed by atoms with Gasteiger partial charge >= 0.3 is 0 Å². The molecule has 0 saturated heterocycles. The molecule has 0 saturated carbocycles. The van der Waals surface area contributed by atoms with Gasteiger partial charge in [0.15, 0.2) is 0 Å². The monoisotopic (exact) mass is 334 g/mol. The summed E-state index contributed by atoms with van der Waals surface area (Å²) in [6.45, 7) is 2.62. The molecule has 0 aliphatic heterocycles. The number of hydrogen-bond donors (Lipinski definition) is 1. The quantitative estimate of drug-likeness (QED) is 0.842. The number of nitrogens with two attached hydrogens (primary N) is 1. The Balaban J connectivity index is 2.43. The van der Waals surface area contributed by atoms with Gasteiger partial charge in [-0.1, -0.05) is 36.4 Å². The van der Waals surface area contributed by atoms with E-state index < -0.39 is 10.0 Å². The fourth-order valence-corrected chi connectivity index (χ4v) is 4.02. The minimum absolute atomic E-state index is 0.171. The standard InChI is InChI=1S/C17H22N2O3S/c1-14-8-9-16(22-2)17(12-14)23(20,21)19(11-10-18)13-15-6-4-3-5-7-15/h3-9,12H,10-11,13,18H2,1-2H3. The minimum Gasteiger partial charge on any atom is -0.495 e. The molecule has 5 nitrogen and oxygen atoms in total. The number of rotatable bonds is 7. The van der Waals surface area contributed by atoms with E-state index in [2.05, 4.69) is 0 Å². The van der Waals surface area contributed by atoms with Crippen molar-refractivity contribution in [2.24, 2.45) is 5.73 Å². The lowest BCUT2D eigenvalue weighted by Crippen LogP contribution is -2.35. The number of nitrogens with zero attached hydrogens (tertiary/aromatic N) is 1. The Hall–Kier alpha value is -1.89. The summed E-state index contributed by atoms with van der Waals surface area (Å²) in [7, 11) is -2.23. The predicted octanol–water partition coefficient (Wildman–Crippen LogP) is 2.15. The molecule has 124 valence electrons. The third-order valence-corrected chi connectivity index (χ3v) is 5.38. The Bertz CT molecular complexity index is 746. The number of ether oxygens (including phenoxy) is 1. The van der Waals surface area contributed by atoms with Gasteiger partial charge in [-0.05, 0) is 30.2 Å². The first kappa shape index (κ1) is 17.5. The van der Waals surface area contributed by atoms with Gasteiger partial charge in [-0.2, -0.15) is 4.31 Å². The summed E-state index contributed by atoms with van der Waals surface area (Å²) in [5, 5.41) is 0. The molecule has 0 spiro atoms. The lowest BCUT2D eigenvalue weighted by molar-refractivity contribution is 0.388. The largest absolute Gasteiger partial charge is 0.495 e. The molecule has 23 heavy (non-hydrogen) atoms. The Morgan fingerprint density at radius 3 is 2.43 bits per heavy atom. The van der Waals surface area contributed by atoms with Crippen LogP contribution >= 0.6 is 0 Å². The van der Waals surface area contributed by atoms with Crippen LogP contribution in [0.15, 0.2) is 53.4 Å². The van der Waals surface area contributed by atoms with Gasteiger partial charge in [0.05, 0.1) is 7.11 Å². The van der Waals surface area contributed by atoms with Crippen molar-refractivity contribution in [2.45, 2.75) is 18.4 Å². The third kappa shape index (κ3) is 4.10. The van der Waals surface area contributed by atoms with E-state index in [0.29, 0.717) is 5.75 Å². The summed E-state index contributed by atoms with van der Waals surface area (Å²) < 4.78 is 32.7. The SMILES string of the molecule is COc1ccc(C)cc1S(=O)(=O)N(CCN)Cc1ccccc1. The summed E-state index contributed by atoms with van der Waals surface area (Å²) >= 11 is 0. The van der Waals surface area contributed by atoms with Crippen molar-refractivity contribution in [3.8, 4) is 5.75 Å². The summed E-state index contributed by atoms with van der Waals surface area (Å²) in [5.41, 5.74) is 7.39. The van der Waals surface area contributed by atoms with Crippen LogP contribution in [0, 0.1) is 6.92 Å². The lowest BCUT2D eigenvalue weighted by Gasteiger charge is -2.23. The van der Waals surface area contributed by atoms with Gasteiger partial charge < -0.3 is 10.5 Å². The summed E-state index contributed by atoms with van der Waals surface area (Å²) in [6.07, 6.45) is 0. The average molecular weight is 334 g/mol. The van der Waals surface area contributed by atoms with E-state index in [1.807, 2.05) is 43.3 Å². The Labute approximate surface area is 137 Å². The molecular weight excluding hydrogens is 312 g/mol. The molecule has 0 amide bonds. The van der Waals surface area contributed by atoms with Crippen molar-refractivity contribution in [3.05, 3.63) is 59.7 Å². The predicted molar refractivity (Wildman–Crippen MR) is 90.8 cm³/mol. The second-order valence-corrected chi connectivity index (χ2v) is 7.17. The lowest BCUT2D eigenvalue weighted by atomic mass is 10.2. The molecule has 0 aromatic heterocycles. The fraction of sp³-hybridized carbons (Fsp3) is 0.294. The van der Waals surface area contributed by atoms with E-state index in [4.69, 9.17) is 10.5 Å². The maximum Gasteiger partial charge on any atom is 0.247 e. The van der Waals surface area contributed by atoms with Crippen molar-refractivity contribution in [3.63, 3.8) is 0 Å². The molecule has 0 bridgehead atoms. The van der Waals surface area contributed by atoms with Crippen LogP contribution in [0.4, 0.5) is 0 Å². The molecule has 0 atom stereocenters. The van der Waals surface area contributed by atoms with Gasteiger partial charge in [-0.3, -0.25) is 0 Å². The highest BCUT2D eigenvalue weighted by atomic mass is 32.2. The first-order chi connectivity index (χ1) is 11.0. The van der Waals surface area contributed by atoms with E-state index in [1.165, 1.54) is 11.4 Å². The third-order valence-electron chi connectivity index (χ3n) is 3.52. The Morgan fingerprint density at radius 1 is 1.13 bits per heavy atom. The summed E-state index contributed by atoms with van der Waals surface area (Å²) in [5.74, 6) is 0.339. The smallest absolute Gasteiger partial charge is 0.247 e. The van der Waals surface area contributed by atoms with Gasteiger partial charge in [-0.15, -0.1) is 0 Å². The number of aryl methyl sites for hydroxylation is 1. The van der Waals surface area contributed by atoms with Crippen LogP contribution in [0.25, 0.3) is 0 Å². The number of methoxy groups -OCH3 is 1. The second-order valence-electron chi connectivity index (χ2n) is 5.27. The molecular formula is C17H22N2O3S. The zero-order valence-corrected chi connectivity index (χ0v) is 14.2. The van der Waals surface area contributed by atoms with Crippen molar-refractivity contribution in [1.29, 1.82) is 0 Å². The van der Waals surface area contributed by atoms with Crippen LogP contribution in [0.2, 0.25) is 0 Å². The number of sulfonamides is 1. The molecule has 0 heterocycles. The van der Waals surface area contributed by atoms with Gasteiger partial charge in [-0.25, -0.2) is 8.42 Å². The summed E-state index contributed by atoms with van der Waals surface area (Å²) in [4.78, 5) is 0.171. The highest BCUT2D eigenvalue weighted by Gasteiger charge is 2.27. The maximum atomic E-state index is 13.0. The highest BCUT2D eigenvalue weighted by Crippen LogP contribution is 2.28. The van der Waals surface area contributed by atoms with Crippen molar-refractivity contribution >= 4 is 10.0 Å². The number of benzene rings is 2. The average Bonchev–Trinajstić information content (AvgIpc) is 2.55. The van der Waals surface area contributed by atoms with Crippen LogP contribution in [-0.4, -0.2) is 32.9 Å². The highest BCUT2D eigenvalue weighted by molar-refractivity contribution is 7.89. The second kappa shape index (κ2) is 7.59. The van der Waals surface area contributed by atoms with Crippen LogP contribution in [0.5, 0.6) is 5.75 Å². The molecule has 0 unspecified atom stereocenters. The summed E-state index contributed by atoms with van der Waals surface area (Å²) in [6, 6.07) is 14.6. The molecule has 0 aliphatic rings. The molecule has 2 aromatic rings. The first-order valence-corrected chi connectivity index (χ1v) is 8.82. The topological polar surface area (TPSA) is 72.6 Å². The van der Waals surface area contributed by atoms with E-state index >= 15 is 0 Å². The fourth-order valence-electron chi connectivity index (χ4n) is 2.34. The maximum absolute atomic E-state index is 13.0. The molecule has 6 heteroatoms. The first-order valence-electron chi connectivity index (χ1n) is 7.38. The molecule has 2 aromatic carbocycles. The van der Waals surface area contributed by atoms with Gasteiger partial charge in [0, 0.05) is 19.6 Å². The van der Waals surface area contributed by atoms with E-state index in [9.17, 15) is 8.42 Å². The molecule has 2 rings (SSSR count). The molecule has 0 radical (unpaired) electrons. The van der Waals surface area contributed by atoms with Crippen LogP contribution in [-0.2, 0) is 16.6 Å². The molecule has 0 aliphatic carbocycles. The van der Waals surface area contributed by atoms with E-state index in [-0.39, 0.29) is 24.5 Å². The van der Waals surface area contributed by atoms with E-state index in [1.54, 1.807) is 12.1 Å². The van der Waals surface area contributed by atoms with Crippen LogP contribution in [0.1, 0.15) is 11.1 Å². The van der Waals surface area contributed by atoms with Crippen molar-refractivity contribution in [1.82, 2.24) is 4.31 Å². The number of hydrogen-bond acceptors (Lipinski definition) is 4. The zero-order chi connectivity index (χ0) is 16.9. The van der Waals surface area contributed by atoms with Gasteiger partial charge in [0.1, 0.15) is 10.6 Å². The minimum atomic E-state index is -3.70. The Morgan fingerprint density at radius 2 is 1.83 bits per heavy atom. The molecule has 2 N–H and O–H groups in total. The zero-order valence-electron chi connectivity index (χ0n) is 13.4. The van der Waals surface area contributed by atoms with Crippen molar-refractivity contribution < 1.29 is 13.2 Å². The van der Waals surface area contributed by atoms with Gasteiger partial charge in [0.25, 0.3) is 0 Å². The van der Waals surface area contributed by atoms with E-state index in [0.717, 1.165) is 11.1 Å². The normalized spacial score (nSPS) is 11.7. The molecule has 0 fully saturated rings. The Kier molecular flexibility index (Phi) is 5.76. The van der Waals surface area contributed by atoms with Crippen LogP contribution < -0.4 is 10.5 Å². The van der Waals surface area contributed by atoms with Crippen LogP contribution in [0.3, 0.4) is 0 Å². The van der Waals surface area contributed by atoms with Crippen molar-refractivity contribution in [2.75, 3.05) is 20.2 Å².